The summed E-state index contributed by atoms with van der Waals surface area (Å²) in [5.74, 6) is 0. The summed E-state index contributed by atoms with van der Waals surface area (Å²) < 4.78 is 3.29. The minimum absolute atomic E-state index is 0.298. The molecule has 1 aliphatic carbocycles. The van der Waals surface area contributed by atoms with Gasteiger partial charge in [0.1, 0.15) is 0 Å². The Morgan fingerprint density at radius 1 is 1.36 bits per heavy atom. The molecule has 0 spiro atoms. The fraction of sp³-hybridized carbons (Fsp3) is 1.00. The summed E-state index contributed by atoms with van der Waals surface area (Å²) in [4.78, 5) is 9.38. The van der Waals surface area contributed by atoms with E-state index in [-0.39, 0.29) is 0 Å². The zero-order valence-corrected chi connectivity index (χ0v) is 10.8. The molecular formula is C6H13O2PSe2. The third-order valence-electron chi connectivity index (χ3n) is 1.84. The Morgan fingerprint density at radius 3 is 2.36 bits per heavy atom. The molecule has 0 aromatic carbocycles. The summed E-state index contributed by atoms with van der Waals surface area (Å²) in [5, 5.41) is 0. The van der Waals surface area contributed by atoms with Crippen molar-refractivity contribution < 1.29 is 9.42 Å². The third-order valence-corrected chi connectivity index (χ3v) is 3.55. The van der Waals surface area contributed by atoms with E-state index < -0.39 is 4.65 Å². The number of hydrogen-bond acceptors (Lipinski definition) is 2. The van der Waals surface area contributed by atoms with Gasteiger partial charge in [-0.25, -0.2) is 0 Å². The second-order valence-electron chi connectivity index (χ2n) is 2.86. The van der Waals surface area contributed by atoms with Crippen molar-refractivity contribution in [1.29, 1.82) is 0 Å². The molecule has 2 nitrogen and oxygen atoms in total. The number of hydrogen-bond donors (Lipinski definition) is 1. The molecule has 0 aromatic rings. The molecule has 1 rings (SSSR count). The summed E-state index contributed by atoms with van der Waals surface area (Å²) in [6.07, 6.45) is 6.34. The van der Waals surface area contributed by atoms with Crippen LogP contribution in [0.4, 0.5) is 0 Å². The van der Waals surface area contributed by atoms with Gasteiger partial charge in [0.25, 0.3) is 0 Å². The van der Waals surface area contributed by atoms with Gasteiger partial charge in [-0.1, -0.05) is 0 Å². The molecule has 0 amide bonds. The summed E-state index contributed by atoms with van der Waals surface area (Å²) in [6, 6.07) is 0. The molecular weight excluding hydrogens is 293 g/mol. The van der Waals surface area contributed by atoms with Crippen LogP contribution in [-0.2, 0) is 4.52 Å². The first-order valence-corrected chi connectivity index (χ1v) is 10.2. The van der Waals surface area contributed by atoms with Crippen LogP contribution in [0.1, 0.15) is 32.1 Å². The van der Waals surface area contributed by atoms with Crippen molar-refractivity contribution in [2.45, 2.75) is 38.2 Å². The second-order valence-corrected chi connectivity index (χ2v) is 14.5. The van der Waals surface area contributed by atoms with E-state index >= 15 is 0 Å². The molecule has 1 unspecified atom stereocenters. The van der Waals surface area contributed by atoms with Gasteiger partial charge in [-0.05, 0) is 0 Å². The zero-order chi connectivity index (χ0) is 8.32. The standard InChI is InChI=1S/C6H13O2PSe2/c7-9(10,11)8-6-4-2-1-3-5-6/h6H,1-5H2,(H2,7,10,11). The molecule has 1 atom stereocenters. The van der Waals surface area contributed by atoms with Gasteiger partial charge in [-0.3, -0.25) is 0 Å². The topological polar surface area (TPSA) is 29.5 Å². The summed E-state index contributed by atoms with van der Waals surface area (Å²) in [7, 11) is 0. The first-order chi connectivity index (χ1) is 5.08. The molecule has 0 aliphatic heterocycles. The maximum absolute atomic E-state index is 9.38. The van der Waals surface area contributed by atoms with Crippen molar-refractivity contribution in [1.82, 2.24) is 0 Å². The normalized spacial score (nSPS) is 26.4. The molecule has 1 N–H and O–H groups in total. The van der Waals surface area contributed by atoms with Gasteiger partial charge in [-0.15, -0.1) is 0 Å². The van der Waals surface area contributed by atoms with Gasteiger partial charge in [-0.2, -0.15) is 0 Å². The minimum atomic E-state index is -2.17. The predicted molar refractivity (Wildman–Crippen MR) is 50.0 cm³/mol. The monoisotopic (exact) mass is 308 g/mol. The SMILES string of the molecule is OP(=[Se])([SeH])OC1CCCCC1. The van der Waals surface area contributed by atoms with Crippen LogP contribution in [0.25, 0.3) is 0 Å². The van der Waals surface area contributed by atoms with Crippen LogP contribution < -0.4 is 0 Å². The third kappa shape index (κ3) is 4.85. The molecule has 66 valence electrons. The molecule has 5 heteroatoms. The Hall–Kier alpha value is 1.39. The predicted octanol–water partition coefficient (Wildman–Crippen LogP) is 1.07. The van der Waals surface area contributed by atoms with Gasteiger partial charge in [0.15, 0.2) is 0 Å². The maximum atomic E-state index is 9.38. The van der Waals surface area contributed by atoms with Crippen LogP contribution in [0.5, 0.6) is 0 Å². The fourth-order valence-corrected chi connectivity index (χ4v) is 3.57. The Bertz CT molecular complexity index is 162. The van der Waals surface area contributed by atoms with Crippen molar-refractivity contribution in [2.75, 3.05) is 0 Å². The van der Waals surface area contributed by atoms with Crippen molar-refractivity contribution >= 4 is 35.3 Å². The summed E-state index contributed by atoms with van der Waals surface area (Å²) in [5.41, 5.74) is 0. The van der Waals surface area contributed by atoms with Gasteiger partial charge in [0, 0.05) is 0 Å². The van der Waals surface area contributed by atoms with E-state index in [1.54, 1.807) is 0 Å². The Labute approximate surface area is 82.9 Å². The first kappa shape index (κ1) is 10.5. The van der Waals surface area contributed by atoms with Gasteiger partial charge in [0.05, 0.1) is 0 Å². The van der Waals surface area contributed by atoms with E-state index in [0.29, 0.717) is 6.10 Å². The van der Waals surface area contributed by atoms with E-state index in [0.717, 1.165) is 12.8 Å². The van der Waals surface area contributed by atoms with Crippen molar-refractivity contribution in [3.05, 3.63) is 0 Å². The van der Waals surface area contributed by atoms with Crippen molar-refractivity contribution in [2.24, 2.45) is 0 Å². The Morgan fingerprint density at radius 2 is 1.91 bits per heavy atom. The van der Waals surface area contributed by atoms with Crippen LogP contribution in [0.3, 0.4) is 0 Å². The summed E-state index contributed by atoms with van der Waals surface area (Å²) >= 11 is 4.88. The van der Waals surface area contributed by atoms with Crippen molar-refractivity contribution in [3.8, 4) is 0 Å². The Balaban J connectivity index is 2.30. The van der Waals surface area contributed by atoms with E-state index in [1.807, 2.05) is 0 Å². The molecule has 0 saturated heterocycles. The van der Waals surface area contributed by atoms with Crippen LogP contribution >= 0.6 is 4.65 Å². The molecule has 0 bridgehead atoms. The molecule has 1 aliphatic rings. The molecule has 0 aromatic heterocycles. The average molecular weight is 306 g/mol. The van der Waals surface area contributed by atoms with E-state index in [1.165, 1.54) is 19.3 Å². The van der Waals surface area contributed by atoms with Gasteiger partial charge < -0.3 is 0 Å². The fourth-order valence-electron chi connectivity index (χ4n) is 1.36. The molecule has 11 heavy (non-hydrogen) atoms. The van der Waals surface area contributed by atoms with Crippen LogP contribution in [-0.4, -0.2) is 41.7 Å². The first-order valence-electron chi connectivity index (χ1n) is 3.82. The second kappa shape index (κ2) is 4.58. The van der Waals surface area contributed by atoms with Gasteiger partial charge >= 0.3 is 82.9 Å². The molecule has 0 heterocycles. The molecule has 1 saturated carbocycles. The van der Waals surface area contributed by atoms with E-state index in [2.05, 4.69) is 30.7 Å². The quantitative estimate of drug-likeness (QED) is 0.611. The Kier molecular flexibility index (Phi) is 4.36. The zero-order valence-electron chi connectivity index (χ0n) is 6.27. The summed E-state index contributed by atoms with van der Waals surface area (Å²) in [6.45, 7) is 0. The van der Waals surface area contributed by atoms with Crippen molar-refractivity contribution in [3.63, 3.8) is 0 Å². The van der Waals surface area contributed by atoms with Crippen LogP contribution in [0.2, 0.25) is 0 Å². The molecule has 0 radical (unpaired) electrons. The average Bonchev–Trinajstić information content (AvgIpc) is 1.85. The van der Waals surface area contributed by atoms with E-state index in [9.17, 15) is 4.89 Å². The molecule has 1 fully saturated rings. The van der Waals surface area contributed by atoms with Crippen LogP contribution in [0, 0.1) is 0 Å². The van der Waals surface area contributed by atoms with Gasteiger partial charge in [0.2, 0.25) is 0 Å². The van der Waals surface area contributed by atoms with E-state index in [4.69, 9.17) is 4.52 Å². The number of rotatable bonds is 2. The van der Waals surface area contributed by atoms with Crippen LogP contribution in [0.15, 0.2) is 0 Å².